The smallest absolute Gasteiger partial charge is 0.256 e. The quantitative estimate of drug-likeness (QED) is 0.775. The van der Waals surface area contributed by atoms with Crippen molar-refractivity contribution in [1.82, 2.24) is 4.98 Å². The number of nitrogens with two attached hydrogens (primary N) is 1. The summed E-state index contributed by atoms with van der Waals surface area (Å²) in [6.45, 7) is 0. The third-order valence-corrected chi connectivity index (χ3v) is 2.54. The summed E-state index contributed by atoms with van der Waals surface area (Å²) in [5.74, 6) is -0.0496. The highest BCUT2D eigenvalue weighted by Gasteiger charge is 2.09. The normalized spacial score (nSPS) is 10.1. The molecule has 92 valence electrons. The molecule has 0 fully saturated rings. The van der Waals surface area contributed by atoms with Crippen molar-refractivity contribution in [2.45, 2.75) is 0 Å². The van der Waals surface area contributed by atoms with Crippen LogP contribution < -0.4 is 11.1 Å². The lowest BCUT2D eigenvalue weighted by atomic mass is 10.2. The molecule has 0 atom stereocenters. The van der Waals surface area contributed by atoms with Gasteiger partial charge in [0.1, 0.15) is 11.6 Å². The minimum absolute atomic E-state index is 0.0705. The number of amides is 1. The first-order valence-electron chi connectivity index (χ1n) is 5.07. The number of halogens is 1. The summed E-state index contributed by atoms with van der Waals surface area (Å²) in [7, 11) is 0. The van der Waals surface area contributed by atoms with Gasteiger partial charge in [0, 0.05) is 5.56 Å². The van der Waals surface area contributed by atoms with E-state index in [1.165, 1.54) is 24.4 Å². The van der Waals surface area contributed by atoms with Crippen LogP contribution in [0.5, 0.6) is 5.75 Å². The summed E-state index contributed by atoms with van der Waals surface area (Å²) in [6.07, 6.45) is 1.44. The first-order chi connectivity index (χ1) is 8.56. The summed E-state index contributed by atoms with van der Waals surface area (Å²) in [6, 6.07) is 7.42. The van der Waals surface area contributed by atoms with Gasteiger partial charge in [-0.1, -0.05) is 11.6 Å². The van der Waals surface area contributed by atoms with Gasteiger partial charge >= 0.3 is 0 Å². The number of benzene rings is 1. The lowest BCUT2D eigenvalue weighted by Gasteiger charge is -2.05. The molecule has 0 bridgehead atoms. The van der Waals surface area contributed by atoms with Crippen molar-refractivity contribution in [3.05, 3.63) is 47.1 Å². The van der Waals surface area contributed by atoms with Crippen LogP contribution in [0.2, 0.25) is 5.02 Å². The number of carbonyl (C=O) groups is 1. The molecular formula is C12H10ClN3O2. The standard InChI is InChI=1S/C12H10ClN3O2/c13-9-5-7(1-3-10(9)17)12(18)16-11-4-2-8(14)6-15-11/h1-6,17H,14H2,(H,15,16,18). The van der Waals surface area contributed by atoms with Gasteiger partial charge in [0.05, 0.1) is 16.9 Å². The van der Waals surface area contributed by atoms with Gasteiger partial charge in [-0.15, -0.1) is 0 Å². The molecule has 0 saturated carbocycles. The van der Waals surface area contributed by atoms with Crippen LogP contribution in [0.25, 0.3) is 0 Å². The molecule has 0 spiro atoms. The van der Waals surface area contributed by atoms with Crippen LogP contribution in [0.3, 0.4) is 0 Å². The predicted molar refractivity (Wildman–Crippen MR) is 69.7 cm³/mol. The molecule has 1 aromatic carbocycles. The maximum atomic E-state index is 11.8. The number of nitrogens with zero attached hydrogens (tertiary/aromatic N) is 1. The van der Waals surface area contributed by atoms with Gasteiger partial charge in [-0.05, 0) is 30.3 Å². The van der Waals surface area contributed by atoms with E-state index in [2.05, 4.69) is 10.3 Å². The number of aromatic hydroxyl groups is 1. The molecule has 18 heavy (non-hydrogen) atoms. The van der Waals surface area contributed by atoms with E-state index >= 15 is 0 Å². The molecule has 6 heteroatoms. The first-order valence-corrected chi connectivity index (χ1v) is 5.45. The average Bonchev–Trinajstić information content (AvgIpc) is 2.35. The molecule has 0 radical (unpaired) electrons. The SMILES string of the molecule is Nc1ccc(NC(=O)c2ccc(O)c(Cl)c2)nc1. The molecule has 0 unspecified atom stereocenters. The van der Waals surface area contributed by atoms with E-state index in [1.807, 2.05) is 0 Å². The molecule has 1 amide bonds. The molecular weight excluding hydrogens is 254 g/mol. The minimum Gasteiger partial charge on any atom is -0.506 e. The molecule has 0 aliphatic rings. The Morgan fingerprint density at radius 3 is 2.72 bits per heavy atom. The average molecular weight is 264 g/mol. The Labute approximate surface area is 108 Å². The largest absolute Gasteiger partial charge is 0.506 e. The van der Waals surface area contributed by atoms with E-state index in [1.54, 1.807) is 12.1 Å². The van der Waals surface area contributed by atoms with E-state index < -0.39 is 0 Å². The fourth-order valence-electron chi connectivity index (χ4n) is 1.32. The Hall–Kier alpha value is -2.27. The van der Waals surface area contributed by atoms with Crippen molar-refractivity contribution in [2.75, 3.05) is 11.1 Å². The van der Waals surface area contributed by atoms with Crippen molar-refractivity contribution < 1.29 is 9.90 Å². The second-order valence-corrected chi connectivity index (χ2v) is 4.00. The van der Waals surface area contributed by atoms with E-state index in [-0.39, 0.29) is 16.7 Å². The van der Waals surface area contributed by atoms with Gasteiger partial charge < -0.3 is 16.2 Å². The van der Waals surface area contributed by atoms with Crippen molar-refractivity contribution in [3.63, 3.8) is 0 Å². The van der Waals surface area contributed by atoms with Gasteiger partial charge in [0.25, 0.3) is 5.91 Å². The molecule has 2 aromatic rings. The number of pyridine rings is 1. The highest BCUT2D eigenvalue weighted by atomic mass is 35.5. The van der Waals surface area contributed by atoms with Crippen LogP contribution in [0.1, 0.15) is 10.4 Å². The second kappa shape index (κ2) is 4.93. The fraction of sp³-hybridized carbons (Fsp3) is 0. The van der Waals surface area contributed by atoms with Crippen molar-refractivity contribution in [3.8, 4) is 5.75 Å². The van der Waals surface area contributed by atoms with Crippen molar-refractivity contribution in [2.24, 2.45) is 0 Å². The minimum atomic E-state index is -0.367. The lowest BCUT2D eigenvalue weighted by molar-refractivity contribution is 0.102. The van der Waals surface area contributed by atoms with Crippen LogP contribution in [-0.2, 0) is 0 Å². The predicted octanol–water partition coefficient (Wildman–Crippen LogP) is 2.28. The molecule has 4 N–H and O–H groups in total. The number of nitrogen functional groups attached to an aromatic ring is 1. The summed E-state index contributed by atoms with van der Waals surface area (Å²) < 4.78 is 0. The van der Waals surface area contributed by atoms with Crippen LogP contribution in [0.4, 0.5) is 11.5 Å². The molecule has 5 nitrogen and oxygen atoms in total. The maximum absolute atomic E-state index is 11.8. The lowest BCUT2D eigenvalue weighted by Crippen LogP contribution is -2.12. The Morgan fingerprint density at radius 1 is 1.33 bits per heavy atom. The monoisotopic (exact) mass is 263 g/mol. The highest BCUT2D eigenvalue weighted by molar-refractivity contribution is 6.32. The van der Waals surface area contributed by atoms with Gasteiger partial charge in [-0.25, -0.2) is 4.98 Å². The van der Waals surface area contributed by atoms with Gasteiger partial charge in [0.15, 0.2) is 0 Å². The third-order valence-electron chi connectivity index (χ3n) is 2.24. The fourth-order valence-corrected chi connectivity index (χ4v) is 1.50. The summed E-state index contributed by atoms with van der Waals surface area (Å²) >= 11 is 5.72. The second-order valence-electron chi connectivity index (χ2n) is 3.60. The van der Waals surface area contributed by atoms with E-state index in [0.717, 1.165) is 0 Å². The molecule has 0 aliphatic carbocycles. The topological polar surface area (TPSA) is 88.2 Å². The van der Waals surface area contributed by atoms with Gasteiger partial charge in [-0.2, -0.15) is 0 Å². The highest BCUT2D eigenvalue weighted by Crippen LogP contribution is 2.23. The zero-order valence-electron chi connectivity index (χ0n) is 9.22. The van der Waals surface area contributed by atoms with E-state index in [4.69, 9.17) is 17.3 Å². The maximum Gasteiger partial charge on any atom is 0.256 e. The first kappa shape index (κ1) is 12.2. The van der Waals surface area contributed by atoms with Crippen LogP contribution in [-0.4, -0.2) is 16.0 Å². The molecule has 1 heterocycles. The number of aromatic nitrogens is 1. The van der Waals surface area contributed by atoms with Crippen molar-refractivity contribution >= 4 is 29.0 Å². The number of nitrogens with one attached hydrogen (secondary N) is 1. The zero-order chi connectivity index (χ0) is 13.1. The molecule has 1 aromatic heterocycles. The molecule has 2 rings (SSSR count). The number of phenols is 1. The Kier molecular flexibility index (Phi) is 3.34. The number of hydrogen-bond acceptors (Lipinski definition) is 4. The number of carbonyl (C=O) groups excluding carboxylic acids is 1. The van der Waals surface area contributed by atoms with Crippen LogP contribution in [0.15, 0.2) is 36.5 Å². The van der Waals surface area contributed by atoms with Crippen molar-refractivity contribution in [1.29, 1.82) is 0 Å². The van der Waals surface area contributed by atoms with Crippen LogP contribution >= 0.6 is 11.6 Å². The Balaban J connectivity index is 2.16. The van der Waals surface area contributed by atoms with E-state index in [9.17, 15) is 9.90 Å². The zero-order valence-corrected chi connectivity index (χ0v) is 9.98. The van der Waals surface area contributed by atoms with Crippen LogP contribution in [0, 0.1) is 0 Å². The Morgan fingerprint density at radius 2 is 2.11 bits per heavy atom. The summed E-state index contributed by atoms with van der Waals surface area (Å²) in [4.78, 5) is 15.8. The Bertz CT molecular complexity index is 584. The molecule has 0 saturated heterocycles. The number of phenolic OH excluding ortho intramolecular Hbond substituents is 1. The summed E-state index contributed by atoms with van der Waals surface area (Å²) in [5, 5.41) is 12.0. The third kappa shape index (κ3) is 2.70. The number of anilines is 2. The van der Waals surface area contributed by atoms with Gasteiger partial charge in [0.2, 0.25) is 0 Å². The number of rotatable bonds is 2. The summed E-state index contributed by atoms with van der Waals surface area (Å²) in [5.41, 5.74) is 6.33. The van der Waals surface area contributed by atoms with Gasteiger partial charge in [-0.3, -0.25) is 4.79 Å². The molecule has 0 aliphatic heterocycles. The van der Waals surface area contributed by atoms with E-state index in [0.29, 0.717) is 17.1 Å². The number of hydrogen-bond donors (Lipinski definition) is 3.